The lowest BCUT2D eigenvalue weighted by atomic mass is 10.2. The van der Waals surface area contributed by atoms with Crippen LogP contribution in [0, 0.1) is 0 Å². The van der Waals surface area contributed by atoms with Crippen molar-refractivity contribution in [2.24, 2.45) is 0 Å². The van der Waals surface area contributed by atoms with E-state index in [-0.39, 0.29) is 23.6 Å². The van der Waals surface area contributed by atoms with Crippen LogP contribution in [0.5, 0.6) is 0 Å². The van der Waals surface area contributed by atoms with Crippen molar-refractivity contribution in [1.82, 2.24) is 10.2 Å². The van der Waals surface area contributed by atoms with Crippen molar-refractivity contribution in [3.05, 3.63) is 0 Å². The fraction of sp³-hybridized carbons (Fsp3) is 1.00. The zero-order valence-corrected chi connectivity index (χ0v) is 10.7. The fourth-order valence-corrected chi connectivity index (χ4v) is 2.17. The van der Waals surface area contributed by atoms with Crippen LogP contribution in [-0.2, 0) is 4.74 Å². The highest BCUT2D eigenvalue weighted by Gasteiger charge is 2.27. The molecule has 1 unspecified atom stereocenters. The lowest BCUT2D eigenvalue weighted by Crippen LogP contribution is -2.46. The zero-order chi connectivity index (χ0) is 12.7. The van der Waals surface area contributed by atoms with Gasteiger partial charge in [0.25, 0.3) is 0 Å². The topological polar surface area (TPSA) is 24.5 Å². The second kappa shape index (κ2) is 7.45. The van der Waals surface area contributed by atoms with Gasteiger partial charge < -0.3 is 10.1 Å². The number of hydrogen-bond acceptors (Lipinski definition) is 4. The van der Waals surface area contributed by atoms with Crippen LogP contribution in [0.15, 0.2) is 0 Å². The van der Waals surface area contributed by atoms with Gasteiger partial charge in [0.1, 0.15) is 0 Å². The molecule has 1 aliphatic heterocycles. The molecule has 1 saturated heterocycles. The summed E-state index contributed by atoms with van der Waals surface area (Å²) in [5.74, 6) is 0.0493. The molecule has 0 amide bonds. The summed E-state index contributed by atoms with van der Waals surface area (Å²) >= 11 is 0.0115. The lowest BCUT2D eigenvalue weighted by molar-refractivity contribution is -0.0328. The van der Waals surface area contributed by atoms with Crippen molar-refractivity contribution in [1.29, 1.82) is 0 Å². The summed E-state index contributed by atoms with van der Waals surface area (Å²) in [7, 11) is 0. The minimum absolute atomic E-state index is 0.0115. The van der Waals surface area contributed by atoms with Gasteiger partial charge in [-0.1, -0.05) is 6.92 Å². The molecule has 1 N–H and O–H groups in total. The minimum atomic E-state index is -4.12. The van der Waals surface area contributed by atoms with Gasteiger partial charge >= 0.3 is 5.51 Å². The molecule has 0 aromatic heterocycles. The Balaban J connectivity index is 2.02. The predicted octanol–water partition coefficient (Wildman–Crippen LogP) is 1.55. The van der Waals surface area contributed by atoms with E-state index in [1.54, 1.807) is 0 Å². The highest BCUT2D eigenvalue weighted by molar-refractivity contribution is 8.00. The molecule has 1 fully saturated rings. The van der Waals surface area contributed by atoms with Crippen LogP contribution in [0.25, 0.3) is 0 Å². The summed E-state index contributed by atoms with van der Waals surface area (Å²) in [5.41, 5.74) is -4.12. The van der Waals surface area contributed by atoms with E-state index < -0.39 is 5.51 Å². The molecule has 0 radical (unpaired) electrons. The summed E-state index contributed by atoms with van der Waals surface area (Å²) < 4.78 is 41.0. The van der Waals surface area contributed by atoms with Crippen molar-refractivity contribution in [3.63, 3.8) is 0 Å². The number of alkyl halides is 3. The van der Waals surface area contributed by atoms with Crippen LogP contribution in [0.1, 0.15) is 6.92 Å². The molecule has 1 aliphatic rings. The SMILES string of the molecule is CCN1CCOC(CNCCSC(F)(F)F)C1. The molecule has 0 aromatic carbocycles. The first-order valence-electron chi connectivity index (χ1n) is 5.76. The first kappa shape index (κ1) is 15.1. The molecule has 1 heterocycles. The first-order chi connectivity index (χ1) is 8.01. The molecule has 3 nitrogen and oxygen atoms in total. The largest absolute Gasteiger partial charge is 0.441 e. The van der Waals surface area contributed by atoms with E-state index in [0.29, 0.717) is 19.7 Å². The standard InChI is InChI=1S/C10H19F3N2OS/c1-2-15-4-5-16-9(8-15)7-14-3-6-17-10(11,12)13/h9,14H,2-8H2,1H3. The molecule has 0 aromatic rings. The predicted molar refractivity (Wildman–Crippen MR) is 63.2 cm³/mol. The Labute approximate surface area is 104 Å². The number of hydrogen-bond donors (Lipinski definition) is 1. The van der Waals surface area contributed by atoms with Gasteiger partial charge in [-0.25, -0.2) is 0 Å². The maximum Gasteiger partial charge on any atom is 0.441 e. The Morgan fingerprint density at radius 1 is 1.47 bits per heavy atom. The van der Waals surface area contributed by atoms with Crippen LogP contribution in [0.3, 0.4) is 0 Å². The Morgan fingerprint density at radius 2 is 2.24 bits per heavy atom. The van der Waals surface area contributed by atoms with E-state index in [9.17, 15) is 13.2 Å². The average molecular weight is 272 g/mol. The maximum atomic E-state index is 11.8. The zero-order valence-electron chi connectivity index (χ0n) is 9.92. The van der Waals surface area contributed by atoms with Crippen LogP contribution >= 0.6 is 11.8 Å². The lowest BCUT2D eigenvalue weighted by Gasteiger charge is -2.32. The van der Waals surface area contributed by atoms with Crippen molar-refractivity contribution < 1.29 is 17.9 Å². The highest BCUT2D eigenvalue weighted by Crippen LogP contribution is 2.29. The van der Waals surface area contributed by atoms with Crippen LogP contribution in [0.4, 0.5) is 13.2 Å². The smallest absolute Gasteiger partial charge is 0.374 e. The molecule has 0 bridgehead atoms. The van der Waals surface area contributed by atoms with E-state index in [4.69, 9.17) is 4.74 Å². The molecule has 102 valence electrons. The van der Waals surface area contributed by atoms with Gasteiger partial charge in [0, 0.05) is 31.9 Å². The van der Waals surface area contributed by atoms with Gasteiger partial charge in [-0.05, 0) is 18.3 Å². The third-order valence-corrected chi connectivity index (χ3v) is 3.32. The summed E-state index contributed by atoms with van der Waals surface area (Å²) in [5, 5.41) is 3.00. The second-order valence-electron chi connectivity index (χ2n) is 3.88. The van der Waals surface area contributed by atoms with E-state index >= 15 is 0 Å². The number of morpholine rings is 1. The number of likely N-dealkylation sites (N-methyl/N-ethyl adjacent to an activating group) is 1. The maximum absolute atomic E-state index is 11.8. The van der Waals surface area contributed by atoms with Gasteiger partial charge in [-0.3, -0.25) is 4.90 Å². The molecular formula is C10H19F3N2OS. The number of halogens is 3. The Bertz CT molecular complexity index is 216. The average Bonchev–Trinajstić information content (AvgIpc) is 2.27. The monoisotopic (exact) mass is 272 g/mol. The van der Waals surface area contributed by atoms with E-state index in [2.05, 4.69) is 17.1 Å². The van der Waals surface area contributed by atoms with Gasteiger partial charge in [-0.15, -0.1) is 0 Å². The fourth-order valence-electron chi connectivity index (χ4n) is 1.69. The van der Waals surface area contributed by atoms with Crippen molar-refractivity contribution in [3.8, 4) is 0 Å². The molecular weight excluding hydrogens is 253 g/mol. The molecule has 0 spiro atoms. The number of thioether (sulfide) groups is 1. The van der Waals surface area contributed by atoms with Gasteiger partial charge in [-0.2, -0.15) is 13.2 Å². The Hall–Kier alpha value is 0.0200. The third kappa shape index (κ3) is 7.13. The van der Waals surface area contributed by atoms with Gasteiger partial charge in [0.2, 0.25) is 0 Å². The summed E-state index contributed by atoms with van der Waals surface area (Å²) in [6.45, 7) is 6.56. The Morgan fingerprint density at radius 3 is 2.88 bits per heavy atom. The minimum Gasteiger partial charge on any atom is -0.374 e. The summed E-state index contributed by atoms with van der Waals surface area (Å²) in [6, 6.07) is 0. The third-order valence-electron chi connectivity index (χ3n) is 2.59. The second-order valence-corrected chi connectivity index (χ2v) is 5.04. The summed E-state index contributed by atoms with van der Waals surface area (Å²) in [6.07, 6.45) is 0.0968. The van der Waals surface area contributed by atoms with Crippen LogP contribution in [0.2, 0.25) is 0 Å². The normalized spacial score (nSPS) is 22.9. The van der Waals surface area contributed by atoms with E-state index in [1.165, 1.54) is 0 Å². The van der Waals surface area contributed by atoms with Crippen molar-refractivity contribution >= 4 is 11.8 Å². The van der Waals surface area contributed by atoms with Crippen molar-refractivity contribution in [2.75, 3.05) is 45.1 Å². The number of ether oxygens (including phenoxy) is 1. The molecule has 1 atom stereocenters. The van der Waals surface area contributed by atoms with E-state index in [1.807, 2.05) is 0 Å². The number of nitrogens with zero attached hydrogens (tertiary/aromatic N) is 1. The molecule has 0 aliphatic carbocycles. The van der Waals surface area contributed by atoms with Crippen LogP contribution in [-0.4, -0.2) is 61.6 Å². The van der Waals surface area contributed by atoms with Gasteiger partial charge in [0.05, 0.1) is 12.7 Å². The highest BCUT2D eigenvalue weighted by atomic mass is 32.2. The molecule has 17 heavy (non-hydrogen) atoms. The number of nitrogens with one attached hydrogen (secondary N) is 1. The van der Waals surface area contributed by atoms with E-state index in [0.717, 1.165) is 19.6 Å². The molecule has 7 heteroatoms. The van der Waals surface area contributed by atoms with Gasteiger partial charge in [0.15, 0.2) is 0 Å². The first-order valence-corrected chi connectivity index (χ1v) is 6.75. The van der Waals surface area contributed by atoms with Crippen molar-refractivity contribution in [2.45, 2.75) is 18.5 Å². The molecule has 1 rings (SSSR count). The quantitative estimate of drug-likeness (QED) is 0.742. The van der Waals surface area contributed by atoms with Crippen LogP contribution < -0.4 is 5.32 Å². The molecule has 0 saturated carbocycles. The summed E-state index contributed by atoms with van der Waals surface area (Å²) in [4.78, 5) is 2.28. The Kier molecular flexibility index (Phi) is 6.61. The number of rotatable bonds is 6.